The predicted octanol–water partition coefficient (Wildman–Crippen LogP) is 0.878. The maximum absolute atomic E-state index is 9.70. The van der Waals surface area contributed by atoms with Crippen molar-refractivity contribution in [2.45, 2.75) is 18.9 Å². The van der Waals surface area contributed by atoms with E-state index < -0.39 is 0 Å². The van der Waals surface area contributed by atoms with Crippen LogP contribution in [0.3, 0.4) is 0 Å². The van der Waals surface area contributed by atoms with Gasteiger partial charge in [-0.15, -0.1) is 0 Å². The molecule has 0 bridgehead atoms. The minimum absolute atomic E-state index is 0.0625. The van der Waals surface area contributed by atoms with E-state index in [1.165, 1.54) is 0 Å². The third-order valence-electron chi connectivity index (χ3n) is 1.20. The lowest BCUT2D eigenvalue weighted by Gasteiger charge is -2.01. The average molecular weight is 112 g/mol. The molecule has 0 saturated carbocycles. The summed E-state index contributed by atoms with van der Waals surface area (Å²) < 4.78 is 4.64. The van der Waals surface area contributed by atoms with Gasteiger partial charge in [-0.2, -0.15) is 0 Å². The lowest BCUT2D eigenvalue weighted by Crippen LogP contribution is -2.03. The molecule has 0 radical (unpaired) electrons. The van der Waals surface area contributed by atoms with Crippen molar-refractivity contribution < 1.29 is 9.53 Å². The van der Waals surface area contributed by atoms with Gasteiger partial charge in [-0.25, -0.2) is 0 Å². The molecule has 0 unspecified atom stereocenters. The van der Waals surface area contributed by atoms with Crippen molar-refractivity contribution >= 4 is 6.47 Å². The fraction of sp³-hybridized carbons (Fsp3) is 0.500. The average Bonchev–Trinajstić information content (AvgIpc) is 2.19. The van der Waals surface area contributed by atoms with Crippen LogP contribution >= 0.6 is 0 Å². The normalized spacial score (nSPS) is 25.8. The summed E-state index contributed by atoms with van der Waals surface area (Å²) in [6.45, 7) is 0.500. The van der Waals surface area contributed by atoms with Crippen LogP contribution in [0.4, 0.5) is 0 Å². The lowest BCUT2D eigenvalue weighted by atomic mass is 10.3. The molecule has 0 aromatic rings. The van der Waals surface area contributed by atoms with E-state index in [-0.39, 0.29) is 6.10 Å². The Morgan fingerprint density at radius 2 is 2.62 bits per heavy atom. The minimum atomic E-state index is 0.0625. The van der Waals surface area contributed by atoms with E-state index in [9.17, 15) is 4.79 Å². The Kier molecular flexibility index (Phi) is 1.67. The van der Waals surface area contributed by atoms with Crippen molar-refractivity contribution in [2.24, 2.45) is 0 Å². The third-order valence-corrected chi connectivity index (χ3v) is 1.20. The maximum atomic E-state index is 9.70. The van der Waals surface area contributed by atoms with Gasteiger partial charge >= 0.3 is 0 Å². The van der Waals surface area contributed by atoms with Gasteiger partial charge in [0.05, 0.1) is 0 Å². The topological polar surface area (TPSA) is 26.3 Å². The van der Waals surface area contributed by atoms with Gasteiger partial charge in [0.2, 0.25) is 0 Å². The second-order valence-corrected chi connectivity index (χ2v) is 1.78. The smallest absolute Gasteiger partial charge is 0.293 e. The van der Waals surface area contributed by atoms with Crippen LogP contribution in [-0.4, -0.2) is 12.6 Å². The van der Waals surface area contributed by atoms with E-state index in [1.54, 1.807) is 0 Å². The van der Waals surface area contributed by atoms with E-state index in [0.29, 0.717) is 6.47 Å². The van der Waals surface area contributed by atoms with Crippen molar-refractivity contribution in [2.75, 3.05) is 0 Å². The molecule has 0 aromatic heterocycles. The number of hydrogen-bond acceptors (Lipinski definition) is 2. The zero-order valence-corrected chi connectivity index (χ0v) is 4.54. The molecule has 2 nitrogen and oxygen atoms in total. The van der Waals surface area contributed by atoms with E-state index in [4.69, 9.17) is 0 Å². The summed E-state index contributed by atoms with van der Waals surface area (Å²) in [7, 11) is 0. The molecular formula is C6H8O2. The van der Waals surface area contributed by atoms with Crippen LogP contribution in [0, 0.1) is 0 Å². The molecule has 44 valence electrons. The fourth-order valence-corrected chi connectivity index (χ4v) is 0.789. The molecule has 2 heteroatoms. The lowest BCUT2D eigenvalue weighted by molar-refractivity contribution is -0.131. The predicted molar refractivity (Wildman–Crippen MR) is 29.3 cm³/mol. The molecule has 1 atom stereocenters. The second-order valence-electron chi connectivity index (χ2n) is 1.78. The summed E-state index contributed by atoms with van der Waals surface area (Å²) in [6.07, 6.45) is 5.99. The van der Waals surface area contributed by atoms with Crippen molar-refractivity contribution in [3.05, 3.63) is 12.2 Å². The van der Waals surface area contributed by atoms with Crippen LogP contribution in [0.2, 0.25) is 0 Å². The van der Waals surface area contributed by atoms with Gasteiger partial charge in [0.1, 0.15) is 6.10 Å². The summed E-state index contributed by atoms with van der Waals surface area (Å²) in [6, 6.07) is 0. The number of hydrogen-bond donors (Lipinski definition) is 0. The Morgan fingerprint density at radius 1 is 1.75 bits per heavy atom. The first-order valence-corrected chi connectivity index (χ1v) is 2.69. The van der Waals surface area contributed by atoms with E-state index in [1.807, 2.05) is 12.2 Å². The molecule has 8 heavy (non-hydrogen) atoms. The highest BCUT2D eigenvalue weighted by atomic mass is 16.5. The quantitative estimate of drug-likeness (QED) is 0.391. The molecule has 0 fully saturated rings. The standard InChI is InChI=1S/C6H8O2/c7-5-8-6-3-1-2-4-6/h1,3,5-6H,2,4H2/t6-/m1/s1. The van der Waals surface area contributed by atoms with Gasteiger partial charge in [0, 0.05) is 0 Å². The Labute approximate surface area is 48.1 Å². The Morgan fingerprint density at radius 3 is 3.12 bits per heavy atom. The first-order chi connectivity index (χ1) is 3.93. The summed E-state index contributed by atoms with van der Waals surface area (Å²) in [5.41, 5.74) is 0. The van der Waals surface area contributed by atoms with Gasteiger partial charge in [-0.3, -0.25) is 4.79 Å². The molecule has 0 aliphatic heterocycles. The molecule has 0 spiro atoms. The number of allylic oxidation sites excluding steroid dienone is 1. The van der Waals surface area contributed by atoms with Crippen molar-refractivity contribution in [1.29, 1.82) is 0 Å². The van der Waals surface area contributed by atoms with E-state index in [2.05, 4.69) is 4.74 Å². The van der Waals surface area contributed by atoms with Gasteiger partial charge in [0.15, 0.2) is 0 Å². The van der Waals surface area contributed by atoms with E-state index >= 15 is 0 Å². The van der Waals surface area contributed by atoms with Crippen LogP contribution in [-0.2, 0) is 9.53 Å². The Hall–Kier alpha value is -0.790. The van der Waals surface area contributed by atoms with Gasteiger partial charge in [0.25, 0.3) is 6.47 Å². The molecule has 0 heterocycles. The summed E-state index contributed by atoms with van der Waals surface area (Å²) in [5, 5.41) is 0. The van der Waals surface area contributed by atoms with Gasteiger partial charge in [-0.1, -0.05) is 6.08 Å². The van der Waals surface area contributed by atoms with E-state index in [0.717, 1.165) is 12.8 Å². The Balaban J connectivity index is 2.25. The first kappa shape index (κ1) is 5.35. The summed E-state index contributed by atoms with van der Waals surface area (Å²) in [5.74, 6) is 0. The van der Waals surface area contributed by atoms with Crippen molar-refractivity contribution in [3.8, 4) is 0 Å². The highest BCUT2D eigenvalue weighted by Crippen LogP contribution is 2.10. The molecule has 0 amide bonds. The Bertz CT molecular complexity index is 107. The maximum Gasteiger partial charge on any atom is 0.293 e. The second kappa shape index (κ2) is 2.50. The minimum Gasteiger partial charge on any atom is -0.460 e. The zero-order valence-electron chi connectivity index (χ0n) is 4.54. The van der Waals surface area contributed by atoms with Crippen molar-refractivity contribution in [3.63, 3.8) is 0 Å². The van der Waals surface area contributed by atoms with Crippen LogP contribution in [0.5, 0.6) is 0 Å². The molecule has 1 aliphatic carbocycles. The number of rotatable bonds is 2. The highest BCUT2D eigenvalue weighted by molar-refractivity contribution is 5.38. The first-order valence-electron chi connectivity index (χ1n) is 2.69. The van der Waals surface area contributed by atoms with Crippen LogP contribution < -0.4 is 0 Å². The molecule has 0 aromatic carbocycles. The number of ether oxygens (including phenoxy) is 1. The van der Waals surface area contributed by atoms with Crippen LogP contribution in [0.1, 0.15) is 12.8 Å². The third kappa shape index (κ3) is 1.09. The molecule has 0 N–H and O–H groups in total. The van der Waals surface area contributed by atoms with Crippen molar-refractivity contribution in [1.82, 2.24) is 0 Å². The van der Waals surface area contributed by atoms with Gasteiger partial charge in [-0.05, 0) is 18.9 Å². The zero-order chi connectivity index (χ0) is 5.82. The monoisotopic (exact) mass is 112 g/mol. The number of carbonyl (C=O) groups is 1. The fourth-order valence-electron chi connectivity index (χ4n) is 0.789. The van der Waals surface area contributed by atoms with Gasteiger partial charge < -0.3 is 4.74 Å². The SMILES string of the molecule is O=CO[C@@H]1C=CCC1. The summed E-state index contributed by atoms with van der Waals surface area (Å²) >= 11 is 0. The molecule has 1 aliphatic rings. The largest absolute Gasteiger partial charge is 0.460 e. The summed E-state index contributed by atoms with van der Waals surface area (Å²) in [4.78, 5) is 9.70. The van der Waals surface area contributed by atoms with Crippen LogP contribution in [0.25, 0.3) is 0 Å². The number of carbonyl (C=O) groups excluding carboxylic acids is 1. The highest BCUT2D eigenvalue weighted by Gasteiger charge is 2.07. The molecule has 0 saturated heterocycles. The molecule has 1 rings (SSSR count). The van der Waals surface area contributed by atoms with Crippen LogP contribution in [0.15, 0.2) is 12.2 Å². The molecular weight excluding hydrogens is 104 g/mol.